The summed E-state index contributed by atoms with van der Waals surface area (Å²) in [6, 6.07) is -22.4. The fourth-order valence-electron chi connectivity index (χ4n) is 13.3. The van der Waals surface area contributed by atoms with E-state index in [1.165, 1.54) is 21.0 Å². The number of rotatable bonds is 28. The van der Waals surface area contributed by atoms with Crippen LogP contribution in [0.2, 0.25) is 0 Å². The number of benzene rings is 4. The summed E-state index contributed by atoms with van der Waals surface area (Å²) in [5.74, 6) is -31.1. The van der Waals surface area contributed by atoms with Gasteiger partial charge >= 0.3 is 23.9 Å². The maximum atomic E-state index is 13.2. The van der Waals surface area contributed by atoms with Gasteiger partial charge in [0.2, 0.25) is 0 Å². The molecule has 24 heteroatoms. The third-order valence-corrected chi connectivity index (χ3v) is 20.1. The van der Waals surface area contributed by atoms with Crippen LogP contribution in [-0.4, -0.2) is 201 Å². The van der Waals surface area contributed by atoms with Crippen LogP contribution in [0.5, 0.6) is 46.0 Å². The summed E-state index contributed by atoms with van der Waals surface area (Å²) in [6.45, 7) is -14.7. The van der Waals surface area contributed by atoms with E-state index in [-0.39, 0.29) is 11.5 Å². The molecule has 20 atom stereocenters. The SMILES string of the molecule is [2H]c1c(OC)c(OC([2H])([2H])[2H])c([2H])c2c1C1([2H])CC(OC(=O)[C@@H](N)C(C)C)C(C([2H])([2H])C([2H])(C)C([2H])([2H])[2H])CN1C([2H])([2H])C2([2H])[2H].[2H]c1c(OC)c(OC([2H])([2H])[2H])c([2H])c2c1C1([2H])CC([2H])(OC(=O)[C@@H](N)C(C)C)C(C([2H])([2H])C([2H])(C)C([2H])([2H])[2H])CN1C([2H])([2H])C2([2H])[2H].[2H]c1c(OC)c(OC)c([2H])c2c1C1([2H])CC(OC(=O)[C@@H](N)C(C)C)C(C([2H])([2H])C([2H])(C)C([2H])([2H])[2H])CN1C([2H])([2H])C2([2H])[2H].[2H]c1c(OC)c(OC)c([2H])c2c1C1([2H])CC([2H])(OC(=O)[C@@H](N)C(C)C)C(C([2H])([2H])C([2H])(C)C([2H])([2H])[2H])CN1C([2H])([2H])C2([2H])[2H]. The van der Waals surface area contributed by atoms with Gasteiger partial charge in [-0.05, 0) is 191 Å². The van der Waals surface area contributed by atoms with Gasteiger partial charge in [0.05, 0.1) is 84.1 Å². The lowest BCUT2D eigenvalue weighted by Crippen LogP contribution is -2.51. The van der Waals surface area contributed by atoms with Crippen LogP contribution < -0.4 is 60.8 Å². The lowest BCUT2D eigenvalue weighted by atomic mass is 9.79. The number of piperidine rings is 4. The molecular formula is C96H152N8O16. The minimum absolute atomic E-state index is 0.329. The molecular weight excluding hydrogens is 1520 g/mol. The molecule has 0 aromatic heterocycles. The number of ether oxygens (including phenoxy) is 12. The van der Waals surface area contributed by atoms with Gasteiger partial charge in [0.15, 0.2) is 46.0 Å². The molecule has 12 rings (SSSR count). The van der Waals surface area contributed by atoms with Crippen molar-refractivity contribution in [2.75, 3.05) is 109 Å². The highest BCUT2D eigenvalue weighted by Gasteiger charge is 2.47. The Morgan fingerprint density at radius 1 is 0.375 bits per heavy atom. The number of carbonyl (C=O) groups is 4. The summed E-state index contributed by atoms with van der Waals surface area (Å²) in [4.78, 5) is 54.7. The van der Waals surface area contributed by atoms with Gasteiger partial charge in [-0.2, -0.15) is 0 Å². The second-order valence-corrected chi connectivity index (χ2v) is 30.2. The lowest BCUT2D eigenvalue weighted by Gasteiger charge is -2.47. The molecule has 8 N–H and O–H groups in total. The van der Waals surface area contributed by atoms with Crippen molar-refractivity contribution < 1.29 is 158 Å². The van der Waals surface area contributed by atoms with Crippen molar-refractivity contribution >= 4 is 23.9 Å². The molecule has 8 aliphatic rings. The van der Waals surface area contributed by atoms with Crippen molar-refractivity contribution in [3.05, 3.63) is 92.8 Å². The average Bonchev–Trinajstić information content (AvgIpc) is 0.674. The van der Waals surface area contributed by atoms with E-state index in [4.69, 9.17) is 154 Å². The zero-order valence-corrected chi connectivity index (χ0v) is 70.4. The van der Waals surface area contributed by atoms with Crippen LogP contribution in [0.3, 0.4) is 0 Å². The van der Waals surface area contributed by atoms with E-state index >= 15 is 0 Å². The summed E-state index contributed by atoms with van der Waals surface area (Å²) in [5, 5.41) is 0. The first kappa shape index (κ1) is 43.2. The lowest BCUT2D eigenvalue weighted by molar-refractivity contribution is -0.161. The maximum absolute atomic E-state index is 13.2. The first-order valence-corrected chi connectivity index (χ1v) is 38.5. The highest BCUT2D eigenvalue weighted by Crippen LogP contribution is 2.50. The molecule has 0 radical (unpaired) electrons. The molecule has 0 aliphatic carbocycles. The van der Waals surface area contributed by atoms with Crippen molar-refractivity contribution in [3.8, 4) is 46.0 Å². The summed E-state index contributed by atoms with van der Waals surface area (Å²) in [5.41, 5.74) is 18.0. The molecule has 0 saturated carbocycles. The summed E-state index contributed by atoms with van der Waals surface area (Å²) in [7, 11) is 0.0927. The van der Waals surface area contributed by atoms with Gasteiger partial charge in [-0.25, -0.2) is 0 Å². The molecule has 0 spiro atoms. The Kier molecular flexibility index (Phi) is 15.8. The van der Waals surface area contributed by atoms with Crippen LogP contribution in [0.4, 0.5) is 0 Å². The summed E-state index contributed by atoms with van der Waals surface area (Å²) < 4.78 is 577. The summed E-state index contributed by atoms with van der Waals surface area (Å²) in [6.07, 6.45) is -39.1. The predicted octanol–water partition coefficient (Wildman–Crippen LogP) is 14.3. The Balaban J connectivity index is 0.000000262. The quantitative estimate of drug-likeness (QED) is 0.0303. The molecule has 4 fully saturated rings. The number of nitrogens with two attached hydrogens (primary N) is 4. The van der Waals surface area contributed by atoms with Gasteiger partial charge in [-0.3, -0.25) is 38.8 Å². The number of methoxy groups -OCH3 is 8. The molecule has 16 unspecified atom stereocenters. The molecule has 8 heterocycles. The third kappa shape index (κ3) is 23.8. The molecule has 0 bridgehead atoms. The Hall–Kier alpha value is -7.16. The molecule has 0 amide bonds. The van der Waals surface area contributed by atoms with Gasteiger partial charge in [0, 0.05) is 180 Å². The fraction of sp³-hybridized carbons (Fsp3) is 0.708. The fourth-order valence-corrected chi connectivity index (χ4v) is 13.3. The van der Waals surface area contributed by atoms with E-state index in [0.717, 1.165) is 63.2 Å². The van der Waals surface area contributed by atoms with Gasteiger partial charge < -0.3 is 79.8 Å². The zero-order chi connectivity index (χ0) is 141. The Bertz CT molecular complexity index is 6970. The predicted molar refractivity (Wildman–Crippen MR) is 471 cm³/mol. The van der Waals surface area contributed by atoms with Crippen LogP contribution in [0, 0.1) is 70.9 Å². The Morgan fingerprint density at radius 3 is 0.842 bits per heavy atom. The average molecular weight is 1730 g/mol. The summed E-state index contributed by atoms with van der Waals surface area (Å²) >= 11 is 0. The molecule has 4 aromatic rings. The van der Waals surface area contributed by atoms with Crippen molar-refractivity contribution in [1.29, 1.82) is 0 Å². The molecule has 8 aliphatic heterocycles. The van der Waals surface area contributed by atoms with E-state index in [1.54, 1.807) is 41.5 Å². The van der Waals surface area contributed by atoms with E-state index in [1.807, 2.05) is 0 Å². The second-order valence-electron chi connectivity index (χ2n) is 30.2. The van der Waals surface area contributed by atoms with Crippen molar-refractivity contribution in [2.45, 2.75) is 260 Å². The second kappa shape index (κ2) is 43.9. The topological polar surface area (TPSA) is 296 Å². The van der Waals surface area contributed by atoms with Crippen molar-refractivity contribution in [1.82, 2.24) is 19.6 Å². The highest BCUT2D eigenvalue weighted by molar-refractivity contribution is 5.77. The number of esters is 4. The number of fused-ring (bicyclic) bond motifs is 12. The minimum Gasteiger partial charge on any atom is -0.493 e. The van der Waals surface area contributed by atoms with Crippen LogP contribution in [0.1, 0.15) is 312 Å². The minimum atomic E-state index is -3.41. The number of carbonyl (C=O) groups excluding carboxylic acids is 4. The van der Waals surface area contributed by atoms with Crippen LogP contribution in [0.25, 0.3) is 0 Å². The zero-order valence-electron chi connectivity index (χ0n) is 130. The number of hydrogen-bond donors (Lipinski definition) is 4. The molecule has 120 heavy (non-hydrogen) atoms. The van der Waals surface area contributed by atoms with Gasteiger partial charge in [0.25, 0.3) is 0 Å². The monoisotopic (exact) mass is 1730 g/mol. The van der Waals surface area contributed by atoms with Crippen LogP contribution in [-0.2, 0) is 63.6 Å². The standard InChI is InChI=1S/4C24H38N2O4/c4*1-14(2)9-17-13-26-8-7-16-10-21(28-5)22(29-6)11-18(16)19(26)12-20(17)30-24(27)23(25)15(3)4/h4*10-11,14-15,17,19-20,23H,7-9,12-13,25H2,1-6H3/t4*17?,19?,20?,23-/m0000/s1/i1D3,5D3,7D2,8D2,9D2,10D,11D,14D,19D,20D;1D3,7D2,8D2,9D2,10D,11D,14D,19D,20D;1D3,5D3,7D2,8D2,9D2,10D,11D,14D,19D;1D3,7D2,8D2,9D2,10D,11D,14D,19D/t4*14?,17?,19?,20?,23-. The Morgan fingerprint density at radius 2 is 0.600 bits per heavy atom. The smallest absolute Gasteiger partial charge is 0.323 e. The van der Waals surface area contributed by atoms with E-state index in [9.17, 15) is 27.4 Å². The maximum Gasteiger partial charge on any atom is 0.323 e. The number of nitrogens with zero attached hydrogens (tertiary/aromatic N) is 4. The normalized spacial score (nSPS) is 42.3. The van der Waals surface area contributed by atoms with Gasteiger partial charge in [-0.15, -0.1) is 0 Å². The highest BCUT2D eigenvalue weighted by atomic mass is 16.6. The van der Waals surface area contributed by atoms with Gasteiger partial charge in [-0.1, -0.05) is 110 Å². The Labute approximate surface area is 803 Å². The van der Waals surface area contributed by atoms with Gasteiger partial charge in [0.1, 0.15) is 48.5 Å². The van der Waals surface area contributed by atoms with Crippen LogP contribution >= 0.6 is 0 Å². The van der Waals surface area contributed by atoms with E-state index < -0.39 is 465 Å². The van der Waals surface area contributed by atoms with E-state index in [0.29, 0.717) is 19.6 Å². The first-order chi connectivity index (χ1) is 80.1. The first-order valence-electron chi connectivity index (χ1n) is 68.5. The number of hydrogen-bond acceptors (Lipinski definition) is 24. The third-order valence-electron chi connectivity index (χ3n) is 20.1. The molecule has 4 saturated heterocycles. The molecule has 4 aromatic carbocycles. The largest absolute Gasteiger partial charge is 0.493 e. The molecule has 24 nitrogen and oxygen atoms in total. The van der Waals surface area contributed by atoms with Crippen LogP contribution in [0.15, 0.2) is 48.3 Å². The van der Waals surface area contributed by atoms with Crippen molar-refractivity contribution in [3.63, 3.8) is 0 Å². The van der Waals surface area contributed by atoms with Crippen molar-refractivity contribution in [2.24, 2.45) is 93.9 Å². The molecule has 672 valence electrons. The van der Waals surface area contributed by atoms with E-state index in [2.05, 4.69) is 0 Å².